The third-order valence-electron chi connectivity index (χ3n) is 2.52. The quantitative estimate of drug-likeness (QED) is 0.630. The summed E-state index contributed by atoms with van der Waals surface area (Å²) in [5.41, 5.74) is 4.36. The second-order valence-corrected chi connectivity index (χ2v) is 5.61. The van der Waals surface area contributed by atoms with Crippen LogP contribution in [0, 0.1) is 6.92 Å². The first-order valence-electron chi connectivity index (χ1n) is 4.84. The highest BCUT2D eigenvalue weighted by atomic mass is 31.0. The van der Waals surface area contributed by atoms with E-state index >= 15 is 0 Å². The van der Waals surface area contributed by atoms with E-state index in [9.17, 15) is 0 Å². The molecule has 0 aliphatic heterocycles. The fraction of sp³-hybridized carbons (Fsp3) is 0.500. The maximum atomic E-state index is 2.91. The number of aryl methyl sites for hydroxylation is 1. The van der Waals surface area contributed by atoms with Crippen LogP contribution in [-0.2, 0) is 11.6 Å². The number of hydrogen-bond donors (Lipinski definition) is 0. The lowest BCUT2D eigenvalue weighted by Crippen LogP contribution is -2.09. The van der Waals surface area contributed by atoms with Gasteiger partial charge in [-0.05, 0) is 30.0 Å². The van der Waals surface area contributed by atoms with E-state index in [1.165, 1.54) is 16.7 Å². The number of benzene rings is 1. The zero-order valence-electron chi connectivity index (χ0n) is 9.02. The first kappa shape index (κ1) is 10.7. The van der Waals surface area contributed by atoms with Gasteiger partial charge in [0.2, 0.25) is 0 Å². The maximum Gasteiger partial charge on any atom is 0.00440 e. The summed E-state index contributed by atoms with van der Waals surface area (Å²) in [4.78, 5) is 0. The molecule has 0 fully saturated rings. The Balaban J connectivity index is 3.24. The van der Waals surface area contributed by atoms with Gasteiger partial charge in [-0.25, -0.2) is 0 Å². The molecule has 1 aromatic carbocycles. The van der Waals surface area contributed by atoms with Crippen LogP contribution < -0.4 is 0 Å². The minimum Gasteiger partial charge on any atom is -0.127 e. The van der Waals surface area contributed by atoms with E-state index in [0.29, 0.717) is 0 Å². The molecule has 0 saturated heterocycles. The van der Waals surface area contributed by atoms with Crippen LogP contribution in [0.5, 0.6) is 0 Å². The molecule has 0 aliphatic carbocycles. The van der Waals surface area contributed by atoms with Gasteiger partial charge in [0.15, 0.2) is 0 Å². The second-order valence-electron chi connectivity index (χ2n) is 4.16. The lowest BCUT2D eigenvalue weighted by Gasteiger charge is -2.22. The first-order chi connectivity index (χ1) is 5.96. The van der Waals surface area contributed by atoms with Gasteiger partial charge in [0.1, 0.15) is 0 Å². The van der Waals surface area contributed by atoms with Gasteiger partial charge in [0.25, 0.3) is 0 Å². The fourth-order valence-electron chi connectivity index (χ4n) is 1.76. The monoisotopic (exact) mass is 194 g/mol. The summed E-state index contributed by atoms with van der Waals surface area (Å²) >= 11 is 0. The van der Waals surface area contributed by atoms with Crippen LogP contribution in [0.25, 0.3) is 0 Å². The largest absolute Gasteiger partial charge is 0.127 e. The predicted molar refractivity (Wildman–Crippen MR) is 63.3 cm³/mol. The molecule has 13 heavy (non-hydrogen) atoms. The average Bonchev–Trinajstić information content (AvgIpc) is 2.02. The molecule has 0 N–H and O–H groups in total. The third kappa shape index (κ3) is 2.31. The highest BCUT2D eigenvalue weighted by Gasteiger charge is 2.16. The normalized spacial score (nSPS) is 11.8. The van der Waals surface area contributed by atoms with E-state index in [1.54, 1.807) is 0 Å². The molecule has 1 aromatic rings. The molecule has 0 aromatic heterocycles. The van der Waals surface area contributed by atoms with Crippen molar-refractivity contribution in [2.45, 2.75) is 39.3 Å². The summed E-state index contributed by atoms with van der Waals surface area (Å²) < 4.78 is 0. The van der Waals surface area contributed by atoms with E-state index in [1.807, 2.05) is 0 Å². The van der Waals surface area contributed by atoms with Gasteiger partial charge < -0.3 is 0 Å². The lowest BCUT2D eigenvalue weighted by atomic mass is 9.93. The lowest BCUT2D eigenvalue weighted by molar-refractivity contribution is 0.771. The molecule has 0 radical (unpaired) electrons. The molecule has 1 atom stereocenters. The maximum absolute atomic E-state index is 2.91. The first-order valence-corrected chi connectivity index (χ1v) is 5.42. The van der Waals surface area contributed by atoms with Crippen molar-refractivity contribution in [3.05, 3.63) is 34.9 Å². The third-order valence-corrected chi connectivity index (χ3v) is 2.83. The second kappa shape index (κ2) is 3.80. The van der Waals surface area contributed by atoms with Gasteiger partial charge in [-0.3, -0.25) is 0 Å². The molecule has 72 valence electrons. The molecule has 0 spiro atoms. The zero-order chi connectivity index (χ0) is 10.1. The van der Waals surface area contributed by atoms with Crippen molar-refractivity contribution in [2.75, 3.05) is 0 Å². The summed E-state index contributed by atoms with van der Waals surface area (Å²) in [7, 11) is 2.91. The summed E-state index contributed by atoms with van der Waals surface area (Å²) in [5, 5.41) is 0.190. The predicted octanol–water partition coefficient (Wildman–Crippen LogP) is 3.67. The van der Waals surface area contributed by atoms with Crippen LogP contribution in [0.3, 0.4) is 0 Å². The molecule has 1 unspecified atom stereocenters. The Morgan fingerprint density at radius 2 is 1.92 bits per heavy atom. The van der Waals surface area contributed by atoms with Crippen molar-refractivity contribution in [2.24, 2.45) is 0 Å². The van der Waals surface area contributed by atoms with Gasteiger partial charge in [-0.15, -0.1) is 9.24 Å². The molecule has 0 heterocycles. The minimum absolute atomic E-state index is 0.190. The number of hydrogen-bond acceptors (Lipinski definition) is 0. The van der Waals surface area contributed by atoms with Gasteiger partial charge >= 0.3 is 0 Å². The van der Waals surface area contributed by atoms with Crippen LogP contribution in [0.2, 0.25) is 0 Å². The van der Waals surface area contributed by atoms with Crippen molar-refractivity contribution in [1.29, 1.82) is 0 Å². The van der Waals surface area contributed by atoms with E-state index in [0.717, 1.165) is 6.42 Å². The Kier molecular flexibility index (Phi) is 3.14. The van der Waals surface area contributed by atoms with Crippen molar-refractivity contribution >= 4 is 9.24 Å². The molecule has 1 heteroatoms. The summed E-state index contributed by atoms with van der Waals surface area (Å²) in [6, 6.07) is 6.60. The SMILES string of the molecule is CCc1cccc(C(C)(C)P)c1C. The van der Waals surface area contributed by atoms with E-state index < -0.39 is 0 Å². The average molecular weight is 194 g/mol. The molecule has 0 bridgehead atoms. The van der Waals surface area contributed by atoms with Gasteiger partial charge in [0, 0.05) is 5.16 Å². The van der Waals surface area contributed by atoms with E-state index in [-0.39, 0.29) is 5.16 Å². The van der Waals surface area contributed by atoms with Crippen molar-refractivity contribution in [1.82, 2.24) is 0 Å². The van der Waals surface area contributed by atoms with Gasteiger partial charge in [0.05, 0.1) is 0 Å². The Morgan fingerprint density at radius 1 is 1.31 bits per heavy atom. The highest BCUT2D eigenvalue weighted by Crippen LogP contribution is 2.33. The Morgan fingerprint density at radius 3 is 2.38 bits per heavy atom. The minimum atomic E-state index is 0.190. The van der Waals surface area contributed by atoms with Crippen molar-refractivity contribution in [3.8, 4) is 0 Å². The van der Waals surface area contributed by atoms with Crippen molar-refractivity contribution < 1.29 is 0 Å². The molecular weight excluding hydrogens is 175 g/mol. The van der Waals surface area contributed by atoms with Gasteiger partial charge in [-0.2, -0.15) is 0 Å². The van der Waals surface area contributed by atoms with E-state index in [4.69, 9.17) is 0 Å². The fourth-order valence-corrected chi connectivity index (χ4v) is 2.08. The van der Waals surface area contributed by atoms with E-state index in [2.05, 4.69) is 55.1 Å². The standard InChI is InChI=1S/C12H19P/c1-5-10-7-6-8-11(9(10)2)12(3,4)13/h6-8H,5,13H2,1-4H3. The molecule has 0 saturated carbocycles. The van der Waals surface area contributed by atoms with Crippen LogP contribution in [0.4, 0.5) is 0 Å². The van der Waals surface area contributed by atoms with Crippen LogP contribution in [0.1, 0.15) is 37.5 Å². The van der Waals surface area contributed by atoms with Crippen molar-refractivity contribution in [3.63, 3.8) is 0 Å². The van der Waals surface area contributed by atoms with Crippen LogP contribution >= 0.6 is 9.24 Å². The highest BCUT2D eigenvalue weighted by molar-refractivity contribution is 7.18. The van der Waals surface area contributed by atoms with Crippen LogP contribution in [-0.4, -0.2) is 0 Å². The molecule has 0 amide bonds. The molecule has 0 aliphatic rings. The summed E-state index contributed by atoms with van der Waals surface area (Å²) in [6.45, 7) is 8.90. The smallest absolute Gasteiger partial charge is 0.00440 e. The van der Waals surface area contributed by atoms with Gasteiger partial charge in [-0.1, -0.05) is 39.0 Å². The molecular formula is C12H19P. The molecule has 1 rings (SSSR count). The van der Waals surface area contributed by atoms with Crippen LogP contribution in [0.15, 0.2) is 18.2 Å². The summed E-state index contributed by atoms with van der Waals surface area (Å²) in [5.74, 6) is 0. The Hall–Kier alpha value is -0.350. The Bertz CT molecular complexity index is 294. The summed E-state index contributed by atoms with van der Waals surface area (Å²) in [6.07, 6.45) is 1.13. The Labute approximate surface area is 84.0 Å². The topological polar surface area (TPSA) is 0 Å². The zero-order valence-corrected chi connectivity index (χ0v) is 10.2. The molecule has 0 nitrogen and oxygen atoms in total. The number of rotatable bonds is 2.